The predicted octanol–water partition coefficient (Wildman–Crippen LogP) is 5.43. The van der Waals surface area contributed by atoms with Gasteiger partial charge in [0.15, 0.2) is 6.29 Å². The molecule has 0 amide bonds. The van der Waals surface area contributed by atoms with Crippen LogP contribution < -0.4 is 0 Å². The highest BCUT2D eigenvalue weighted by atomic mass is 35.5. The maximum absolute atomic E-state index is 6.05. The van der Waals surface area contributed by atoms with Gasteiger partial charge in [0.25, 0.3) is 0 Å². The molecule has 0 spiro atoms. The number of nitrogens with one attached hydrogen (secondary N) is 1. The second kappa shape index (κ2) is 9.56. The molecule has 28 heavy (non-hydrogen) atoms. The summed E-state index contributed by atoms with van der Waals surface area (Å²) in [7, 11) is 0. The molecule has 0 bridgehead atoms. The first-order valence-electron chi connectivity index (χ1n) is 9.42. The Labute approximate surface area is 173 Å². The summed E-state index contributed by atoms with van der Waals surface area (Å²) in [5, 5.41) is 9.43. The maximum atomic E-state index is 6.05. The van der Waals surface area contributed by atoms with E-state index in [4.69, 9.17) is 21.1 Å². The van der Waals surface area contributed by atoms with E-state index in [0.717, 1.165) is 52.6 Å². The molecule has 1 aliphatic heterocycles. The number of ether oxygens (including phenoxy) is 2. The Morgan fingerprint density at radius 2 is 1.93 bits per heavy atom. The molecule has 0 radical (unpaired) electrons. The van der Waals surface area contributed by atoms with Crippen molar-refractivity contribution in [2.45, 2.75) is 30.6 Å². The van der Waals surface area contributed by atoms with Crippen molar-refractivity contribution < 1.29 is 9.47 Å². The van der Waals surface area contributed by atoms with E-state index in [1.54, 1.807) is 24.2 Å². The van der Waals surface area contributed by atoms with E-state index in [2.05, 4.69) is 15.2 Å². The zero-order valence-corrected chi connectivity index (χ0v) is 17.0. The van der Waals surface area contributed by atoms with Crippen molar-refractivity contribution in [2.75, 3.05) is 19.0 Å². The Bertz CT molecular complexity index is 880. The second-order valence-corrected chi connectivity index (χ2v) is 8.06. The van der Waals surface area contributed by atoms with E-state index in [9.17, 15) is 0 Å². The summed E-state index contributed by atoms with van der Waals surface area (Å²) in [6.07, 6.45) is 6.82. The highest BCUT2D eigenvalue weighted by molar-refractivity contribution is 7.99. The highest BCUT2D eigenvalue weighted by Crippen LogP contribution is 2.37. The lowest BCUT2D eigenvalue weighted by Crippen LogP contribution is -2.23. The third-order valence-corrected chi connectivity index (χ3v) is 5.79. The van der Waals surface area contributed by atoms with Gasteiger partial charge in [0.1, 0.15) is 5.03 Å². The minimum atomic E-state index is -0.0576. The Balaban J connectivity index is 1.51. The number of H-pyrrole nitrogens is 1. The van der Waals surface area contributed by atoms with Gasteiger partial charge in [-0.15, -0.1) is 11.8 Å². The summed E-state index contributed by atoms with van der Waals surface area (Å²) >= 11 is 7.73. The van der Waals surface area contributed by atoms with Gasteiger partial charge in [0.2, 0.25) is 0 Å². The second-order valence-electron chi connectivity index (χ2n) is 6.54. The number of pyridine rings is 1. The van der Waals surface area contributed by atoms with E-state index < -0.39 is 0 Å². The van der Waals surface area contributed by atoms with E-state index in [1.807, 2.05) is 36.4 Å². The SMILES string of the molecule is Clc1ccc(-c2[nH]nc(SCCOC3CCCCO3)c2-c2ccncc2)cc1. The normalized spacial score (nSPS) is 17.0. The fraction of sp³-hybridized carbons (Fsp3) is 0.333. The fourth-order valence-electron chi connectivity index (χ4n) is 3.20. The molecular formula is C21H22ClN3O2S. The zero-order chi connectivity index (χ0) is 19.2. The van der Waals surface area contributed by atoms with E-state index in [1.165, 1.54) is 6.42 Å². The van der Waals surface area contributed by atoms with Gasteiger partial charge in [0, 0.05) is 40.9 Å². The topological polar surface area (TPSA) is 60.0 Å². The fourth-order valence-corrected chi connectivity index (χ4v) is 4.18. The summed E-state index contributed by atoms with van der Waals surface area (Å²) in [6.45, 7) is 1.43. The lowest BCUT2D eigenvalue weighted by molar-refractivity contribution is -0.158. The van der Waals surface area contributed by atoms with Crippen LogP contribution in [0.15, 0.2) is 53.8 Å². The monoisotopic (exact) mass is 415 g/mol. The molecule has 1 atom stereocenters. The van der Waals surface area contributed by atoms with Crippen LogP contribution >= 0.6 is 23.4 Å². The van der Waals surface area contributed by atoms with Crippen LogP contribution in [0.4, 0.5) is 0 Å². The number of thioether (sulfide) groups is 1. The van der Waals surface area contributed by atoms with Gasteiger partial charge >= 0.3 is 0 Å². The quantitative estimate of drug-likeness (QED) is 0.412. The molecule has 0 saturated carbocycles. The van der Waals surface area contributed by atoms with Gasteiger partial charge in [-0.1, -0.05) is 23.7 Å². The molecule has 3 aromatic rings. The first-order chi connectivity index (χ1) is 13.8. The predicted molar refractivity (Wildman–Crippen MR) is 113 cm³/mol. The summed E-state index contributed by atoms with van der Waals surface area (Å²) in [6, 6.07) is 11.8. The molecule has 4 rings (SSSR count). The van der Waals surface area contributed by atoms with Crippen LogP contribution in [0.5, 0.6) is 0 Å². The molecule has 3 heterocycles. The summed E-state index contributed by atoms with van der Waals surface area (Å²) < 4.78 is 11.5. The van der Waals surface area contributed by atoms with Crippen LogP contribution in [0.3, 0.4) is 0 Å². The number of hydrogen-bond donors (Lipinski definition) is 1. The minimum Gasteiger partial charge on any atom is -0.353 e. The number of benzene rings is 1. The Kier molecular flexibility index (Phi) is 6.65. The van der Waals surface area contributed by atoms with Crippen LogP contribution in [-0.4, -0.2) is 40.4 Å². The molecule has 1 saturated heterocycles. The molecule has 1 N–H and O–H groups in total. The van der Waals surface area contributed by atoms with Crippen molar-refractivity contribution in [1.29, 1.82) is 0 Å². The number of nitrogens with zero attached hydrogens (tertiary/aromatic N) is 2. The van der Waals surface area contributed by atoms with Crippen LogP contribution in [0.2, 0.25) is 5.02 Å². The summed E-state index contributed by atoms with van der Waals surface area (Å²) in [5.41, 5.74) is 4.17. The van der Waals surface area contributed by atoms with Crippen molar-refractivity contribution in [1.82, 2.24) is 15.2 Å². The Morgan fingerprint density at radius 3 is 2.68 bits per heavy atom. The zero-order valence-electron chi connectivity index (χ0n) is 15.4. The van der Waals surface area contributed by atoms with Crippen molar-refractivity contribution in [2.24, 2.45) is 0 Å². The van der Waals surface area contributed by atoms with Gasteiger partial charge in [-0.25, -0.2) is 0 Å². The molecule has 1 aromatic carbocycles. The summed E-state index contributed by atoms with van der Waals surface area (Å²) in [5.74, 6) is 0.808. The van der Waals surface area contributed by atoms with Crippen molar-refractivity contribution >= 4 is 23.4 Å². The van der Waals surface area contributed by atoms with Crippen LogP contribution in [0, 0.1) is 0 Å². The lowest BCUT2D eigenvalue weighted by Gasteiger charge is -2.22. The van der Waals surface area contributed by atoms with Gasteiger partial charge in [-0.2, -0.15) is 5.10 Å². The van der Waals surface area contributed by atoms with E-state index >= 15 is 0 Å². The summed E-state index contributed by atoms with van der Waals surface area (Å²) in [4.78, 5) is 4.14. The van der Waals surface area contributed by atoms with Gasteiger partial charge in [-0.3, -0.25) is 10.1 Å². The van der Waals surface area contributed by atoms with E-state index in [0.29, 0.717) is 11.6 Å². The standard InChI is InChI=1S/C21H22ClN3O2S/c22-17-6-4-16(5-7-17)20-19(15-8-10-23-11-9-15)21(25-24-20)28-14-13-27-18-3-1-2-12-26-18/h4-11,18H,1-3,12-14H2,(H,24,25). The Hall–Kier alpha value is -1.86. The average molecular weight is 416 g/mol. The average Bonchev–Trinajstić information content (AvgIpc) is 3.17. The third-order valence-electron chi connectivity index (χ3n) is 4.60. The largest absolute Gasteiger partial charge is 0.353 e. The number of hydrogen-bond acceptors (Lipinski definition) is 5. The van der Waals surface area contributed by atoms with Crippen molar-refractivity contribution in [3.05, 3.63) is 53.8 Å². The first kappa shape index (κ1) is 19.5. The Morgan fingerprint density at radius 1 is 1.11 bits per heavy atom. The molecule has 1 fully saturated rings. The van der Waals surface area contributed by atoms with Crippen molar-refractivity contribution in [3.63, 3.8) is 0 Å². The van der Waals surface area contributed by atoms with E-state index in [-0.39, 0.29) is 6.29 Å². The van der Waals surface area contributed by atoms with Crippen LogP contribution in [0.1, 0.15) is 19.3 Å². The first-order valence-corrected chi connectivity index (χ1v) is 10.8. The molecule has 146 valence electrons. The number of halogens is 1. The van der Waals surface area contributed by atoms with Gasteiger partial charge in [0.05, 0.1) is 12.3 Å². The maximum Gasteiger partial charge on any atom is 0.157 e. The van der Waals surface area contributed by atoms with Crippen LogP contribution in [0.25, 0.3) is 22.4 Å². The lowest BCUT2D eigenvalue weighted by atomic mass is 10.0. The third kappa shape index (κ3) is 4.75. The molecule has 7 heteroatoms. The van der Waals surface area contributed by atoms with Crippen molar-refractivity contribution in [3.8, 4) is 22.4 Å². The molecule has 1 unspecified atom stereocenters. The molecule has 2 aromatic heterocycles. The molecule has 1 aliphatic rings. The minimum absolute atomic E-state index is 0.0576. The number of rotatable bonds is 7. The molecular weight excluding hydrogens is 394 g/mol. The number of aromatic nitrogens is 3. The van der Waals surface area contributed by atoms with Crippen LogP contribution in [-0.2, 0) is 9.47 Å². The smallest absolute Gasteiger partial charge is 0.157 e. The van der Waals surface area contributed by atoms with Gasteiger partial charge in [-0.05, 0) is 49.1 Å². The molecule has 5 nitrogen and oxygen atoms in total. The van der Waals surface area contributed by atoms with Gasteiger partial charge < -0.3 is 9.47 Å². The molecule has 0 aliphatic carbocycles. The number of aromatic amines is 1. The highest BCUT2D eigenvalue weighted by Gasteiger charge is 2.18.